The highest BCUT2D eigenvalue weighted by molar-refractivity contribution is 5.82. The van der Waals surface area contributed by atoms with Crippen LogP contribution in [0.4, 0.5) is 0 Å². The Kier molecular flexibility index (Phi) is 4.93. The highest BCUT2D eigenvalue weighted by Crippen LogP contribution is 2.08. The molecule has 1 saturated heterocycles. The molecule has 1 atom stereocenters. The van der Waals surface area contributed by atoms with E-state index < -0.39 is 6.04 Å². The molecule has 5 heteroatoms. The van der Waals surface area contributed by atoms with Gasteiger partial charge in [-0.05, 0) is 12.8 Å². The second kappa shape index (κ2) is 6.00. The van der Waals surface area contributed by atoms with Gasteiger partial charge in [-0.1, -0.05) is 13.8 Å². The monoisotopic (exact) mass is 241 g/mol. The van der Waals surface area contributed by atoms with Gasteiger partial charge in [-0.3, -0.25) is 9.59 Å². The smallest absolute Gasteiger partial charge is 0.239 e. The van der Waals surface area contributed by atoms with Crippen LogP contribution in [0.3, 0.4) is 0 Å². The van der Waals surface area contributed by atoms with Gasteiger partial charge in [0.1, 0.15) is 0 Å². The largest absolute Gasteiger partial charge is 0.339 e. The minimum Gasteiger partial charge on any atom is -0.339 e. The number of rotatable bonds is 3. The molecule has 0 aromatic carbocycles. The van der Waals surface area contributed by atoms with Gasteiger partial charge in [0.15, 0.2) is 0 Å². The molecular formula is C12H23N3O2. The maximum Gasteiger partial charge on any atom is 0.239 e. The van der Waals surface area contributed by atoms with Crippen LogP contribution in [0.25, 0.3) is 0 Å². The second-order valence-electron chi connectivity index (χ2n) is 5.09. The first-order chi connectivity index (χ1) is 7.91. The van der Waals surface area contributed by atoms with E-state index in [-0.39, 0.29) is 11.8 Å². The summed E-state index contributed by atoms with van der Waals surface area (Å²) < 4.78 is 0. The fourth-order valence-electron chi connectivity index (χ4n) is 1.94. The molecule has 1 rings (SSSR count). The summed E-state index contributed by atoms with van der Waals surface area (Å²) in [6, 6.07) is -0.451. The fourth-order valence-corrected chi connectivity index (χ4v) is 1.94. The van der Waals surface area contributed by atoms with Gasteiger partial charge in [0, 0.05) is 32.6 Å². The number of hydrogen-bond donors (Lipinski definition) is 1. The first-order valence-corrected chi connectivity index (χ1v) is 6.24. The fraction of sp³-hybridized carbons (Fsp3) is 0.833. The van der Waals surface area contributed by atoms with E-state index in [1.807, 2.05) is 18.7 Å². The maximum absolute atomic E-state index is 11.8. The molecule has 0 saturated carbocycles. The molecule has 1 fully saturated rings. The molecule has 1 aliphatic rings. The molecule has 1 aliphatic heterocycles. The highest BCUT2D eigenvalue weighted by Gasteiger charge is 2.25. The Balaban J connectivity index is 2.40. The Labute approximate surface area is 103 Å². The molecule has 0 aromatic heterocycles. The minimum absolute atomic E-state index is 0.0269. The van der Waals surface area contributed by atoms with E-state index in [9.17, 15) is 9.59 Å². The third-order valence-corrected chi connectivity index (χ3v) is 2.92. The van der Waals surface area contributed by atoms with Gasteiger partial charge in [0.2, 0.25) is 11.8 Å². The van der Waals surface area contributed by atoms with Gasteiger partial charge in [-0.15, -0.1) is 0 Å². The van der Waals surface area contributed by atoms with E-state index in [1.54, 1.807) is 11.8 Å². The summed E-state index contributed by atoms with van der Waals surface area (Å²) in [5, 5.41) is 0. The van der Waals surface area contributed by atoms with Crippen molar-refractivity contribution in [2.45, 2.75) is 33.2 Å². The Morgan fingerprint density at radius 2 is 1.53 bits per heavy atom. The molecular weight excluding hydrogens is 218 g/mol. The maximum atomic E-state index is 11.8. The third kappa shape index (κ3) is 4.00. The van der Waals surface area contributed by atoms with Crippen LogP contribution in [0.15, 0.2) is 0 Å². The zero-order valence-corrected chi connectivity index (χ0v) is 11.0. The van der Waals surface area contributed by atoms with Crippen LogP contribution in [0, 0.1) is 5.92 Å². The standard InChI is InChI=1S/C12H23N3O2/c1-9(2)8-11(16)14-4-6-15(7-5-14)12(17)10(3)13/h9-10H,4-8,13H2,1-3H3/t10-/m0/s1. The Morgan fingerprint density at radius 3 is 1.94 bits per heavy atom. The van der Waals surface area contributed by atoms with Crippen molar-refractivity contribution in [2.75, 3.05) is 26.2 Å². The van der Waals surface area contributed by atoms with Gasteiger partial charge in [0.25, 0.3) is 0 Å². The molecule has 0 aliphatic carbocycles. The Hall–Kier alpha value is -1.10. The van der Waals surface area contributed by atoms with Gasteiger partial charge >= 0.3 is 0 Å². The van der Waals surface area contributed by atoms with E-state index in [0.717, 1.165) is 0 Å². The number of carbonyl (C=O) groups excluding carboxylic acids is 2. The van der Waals surface area contributed by atoms with Gasteiger partial charge in [0.05, 0.1) is 6.04 Å². The van der Waals surface area contributed by atoms with E-state index >= 15 is 0 Å². The molecule has 0 radical (unpaired) electrons. The van der Waals surface area contributed by atoms with Gasteiger partial charge in [-0.2, -0.15) is 0 Å². The van der Waals surface area contributed by atoms with Crippen molar-refractivity contribution in [1.82, 2.24) is 9.80 Å². The predicted molar refractivity (Wildman–Crippen MR) is 66.3 cm³/mol. The van der Waals surface area contributed by atoms with E-state index in [1.165, 1.54) is 0 Å². The highest BCUT2D eigenvalue weighted by atomic mass is 16.2. The van der Waals surface area contributed by atoms with Crippen LogP contribution in [0.2, 0.25) is 0 Å². The molecule has 5 nitrogen and oxygen atoms in total. The van der Waals surface area contributed by atoms with Gasteiger partial charge < -0.3 is 15.5 Å². The number of amides is 2. The van der Waals surface area contributed by atoms with Gasteiger partial charge in [-0.25, -0.2) is 0 Å². The van der Waals surface area contributed by atoms with Crippen LogP contribution in [0.5, 0.6) is 0 Å². The van der Waals surface area contributed by atoms with Crippen LogP contribution in [-0.4, -0.2) is 53.8 Å². The molecule has 2 N–H and O–H groups in total. The summed E-state index contributed by atoms with van der Waals surface area (Å²) >= 11 is 0. The molecule has 0 bridgehead atoms. The lowest BCUT2D eigenvalue weighted by atomic mass is 10.1. The lowest BCUT2D eigenvalue weighted by Crippen LogP contribution is -2.53. The van der Waals surface area contributed by atoms with Crippen LogP contribution in [0.1, 0.15) is 27.2 Å². The Morgan fingerprint density at radius 1 is 1.06 bits per heavy atom. The number of carbonyl (C=O) groups is 2. The average molecular weight is 241 g/mol. The summed E-state index contributed by atoms with van der Waals surface area (Å²) in [7, 11) is 0. The number of piperazine rings is 1. The SMILES string of the molecule is CC(C)CC(=O)N1CCN(C(=O)[C@H](C)N)CC1. The van der Waals surface area contributed by atoms with Crippen molar-refractivity contribution in [3.8, 4) is 0 Å². The van der Waals surface area contributed by atoms with Crippen molar-refractivity contribution in [3.05, 3.63) is 0 Å². The zero-order chi connectivity index (χ0) is 13.0. The number of nitrogens with two attached hydrogens (primary N) is 1. The molecule has 0 aromatic rings. The van der Waals surface area contributed by atoms with Crippen molar-refractivity contribution in [1.29, 1.82) is 0 Å². The summed E-state index contributed by atoms with van der Waals surface area (Å²) in [6.45, 7) is 8.22. The average Bonchev–Trinajstić information content (AvgIpc) is 2.27. The minimum atomic E-state index is -0.451. The van der Waals surface area contributed by atoms with Crippen LogP contribution in [-0.2, 0) is 9.59 Å². The molecule has 0 spiro atoms. The van der Waals surface area contributed by atoms with Crippen molar-refractivity contribution in [3.63, 3.8) is 0 Å². The van der Waals surface area contributed by atoms with E-state index in [0.29, 0.717) is 38.5 Å². The number of nitrogens with zero attached hydrogens (tertiary/aromatic N) is 2. The summed E-state index contributed by atoms with van der Waals surface area (Å²) in [4.78, 5) is 27.0. The first-order valence-electron chi connectivity index (χ1n) is 6.24. The van der Waals surface area contributed by atoms with E-state index in [4.69, 9.17) is 5.73 Å². The quantitative estimate of drug-likeness (QED) is 0.759. The van der Waals surface area contributed by atoms with Crippen LogP contribution < -0.4 is 5.73 Å². The van der Waals surface area contributed by atoms with Crippen molar-refractivity contribution in [2.24, 2.45) is 11.7 Å². The molecule has 0 unspecified atom stereocenters. The summed E-state index contributed by atoms with van der Waals surface area (Å²) in [5.74, 6) is 0.542. The van der Waals surface area contributed by atoms with E-state index in [2.05, 4.69) is 0 Å². The first kappa shape index (κ1) is 14.0. The molecule has 2 amide bonds. The summed E-state index contributed by atoms with van der Waals surface area (Å²) in [5.41, 5.74) is 5.56. The molecule has 98 valence electrons. The summed E-state index contributed by atoms with van der Waals surface area (Å²) in [6.07, 6.45) is 0.585. The number of hydrogen-bond acceptors (Lipinski definition) is 3. The normalized spacial score (nSPS) is 18.4. The lowest BCUT2D eigenvalue weighted by molar-refractivity contribution is -0.140. The third-order valence-electron chi connectivity index (χ3n) is 2.92. The van der Waals surface area contributed by atoms with Crippen LogP contribution >= 0.6 is 0 Å². The predicted octanol–water partition coefficient (Wildman–Crippen LogP) is 0.0505. The zero-order valence-electron chi connectivity index (χ0n) is 11.0. The molecule has 1 heterocycles. The topological polar surface area (TPSA) is 66.6 Å². The molecule has 17 heavy (non-hydrogen) atoms. The van der Waals surface area contributed by atoms with Crippen molar-refractivity contribution < 1.29 is 9.59 Å². The second-order valence-corrected chi connectivity index (χ2v) is 5.09. The van der Waals surface area contributed by atoms with Crippen molar-refractivity contribution >= 4 is 11.8 Å². The lowest BCUT2D eigenvalue weighted by Gasteiger charge is -2.35. The Bertz CT molecular complexity index is 281.